The summed E-state index contributed by atoms with van der Waals surface area (Å²) in [6.07, 6.45) is 3.07. The van der Waals surface area contributed by atoms with E-state index >= 15 is 0 Å². The van der Waals surface area contributed by atoms with Crippen molar-refractivity contribution in [2.75, 3.05) is 31.9 Å². The highest BCUT2D eigenvalue weighted by atomic mass is 32.2. The molecule has 1 heterocycles. The molecule has 1 aliphatic heterocycles. The first kappa shape index (κ1) is 19.4. The van der Waals surface area contributed by atoms with Crippen LogP contribution in [0.5, 0.6) is 17.2 Å². The van der Waals surface area contributed by atoms with Crippen molar-refractivity contribution in [3.63, 3.8) is 0 Å². The third-order valence-electron chi connectivity index (χ3n) is 3.34. The van der Waals surface area contributed by atoms with Crippen LogP contribution in [0.3, 0.4) is 0 Å². The number of alkyl halides is 2. The number of thioether (sulfide) groups is 1. The summed E-state index contributed by atoms with van der Waals surface area (Å²) in [5.74, 6) is 2.63. The summed E-state index contributed by atoms with van der Waals surface area (Å²) >= 11 is 1.78. The predicted octanol–water partition coefficient (Wildman–Crippen LogP) is 2.82. The van der Waals surface area contributed by atoms with E-state index in [0.717, 1.165) is 18.7 Å². The Bertz CT molecular complexity index is 588. The van der Waals surface area contributed by atoms with Crippen molar-refractivity contribution in [3.8, 4) is 17.2 Å². The molecule has 9 heteroatoms. The number of aliphatic imine (C=N–C) groups is 1. The van der Waals surface area contributed by atoms with Crippen LogP contribution < -0.4 is 24.8 Å². The Morgan fingerprint density at radius 2 is 2.08 bits per heavy atom. The molecule has 0 spiro atoms. The molecule has 1 aliphatic rings. The molecule has 6 nitrogen and oxygen atoms in total. The fraction of sp³-hybridized carbons (Fsp3) is 0.562. The fourth-order valence-corrected chi connectivity index (χ4v) is 2.66. The van der Waals surface area contributed by atoms with Crippen molar-refractivity contribution in [3.05, 3.63) is 17.7 Å². The minimum atomic E-state index is -2.92. The topological polar surface area (TPSA) is 64.1 Å². The first-order valence-corrected chi connectivity index (χ1v) is 9.41. The molecule has 0 bridgehead atoms. The van der Waals surface area contributed by atoms with Gasteiger partial charge in [-0.25, -0.2) is 4.99 Å². The molecule has 0 fully saturated rings. The van der Waals surface area contributed by atoms with Crippen molar-refractivity contribution < 1.29 is 23.0 Å². The maximum absolute atomic E-state index is 12.7. The summed E-state index contributed by atoms with van der Waals surface area (Å²) in [6, 6.07) is 3.04. The van der Waals surface area contributed by atoms with E-state index in [1.54, 1.807) is 17.8 Å². The maximum Gasteiger partial charge on any atom is 0.387 e. The lowest BCUT2D eigenvalue weighted by Gasteiger charge is -2.13. The van der Waals surface area contributed by atoms with Gasteiger partial charge in [0.15, 0.2) is 17.5 Å². The van der Waals surface area contributed by atoms with Gasteiger partial charge in [0, 0.05) is 24.7 Å². The van der Waals surface area contributed by atoms with E-state index < -0.39 is 6.61 Å². The zero-order valence-electron chi connectivity index (χ0n) is 14.3. The van der Waals surface area contributed by atoms with Gasteiger partial charge in [-0.05, 0) is 31.4 Å². The van der Waals surface area contributed by atoms with Gasteiger partial charge in [-0.15, -0.1) is 0 Å². The third-order valence-corrected chi connectivity index (χ3v) is 4.04. The van der Waals surface area contributed by atoms with Crippen LogP contribution in [-0.2, 0) is 6.54 Å². The summed E-state index contributed by atoms with van der Waals surface area (Å²) in [7, 11) is 0. The van der Waals surface area contributed by atoms with E-state index in [4.69, 9.17) is 9.47 Å². The standard InChI is InChI=1S/C16H23F2N3O3S/c1-3-19-16(20-5-4-6-25-2)21-9-11-7-13-14(23-10-22-13)8-12(11)24-15(17)18/h7-8,15H,3-6,9-10H2,1-2H3,(H2,19,20,21). The number of halogens is 2. The van der Waals surface area contributed by atoms with E-state index in [9.17, 15) is 8.78 Å². The lowest BCUT2D eigenvalue weighted by Crippen LogP contribution is -2.37. The lowest BCUT2D eigenvalue weighted by atomic mass is 10.1. The van der Waals surface area contributed by atoms with Crippen LogP contribution in [0.4, 0.5) is 8.78 Å². The molecule has 2 N–H and O–H groups in total. The molecule has 0 atom stereocenters. The second-order valence-corrected chi connectivity index (χ2v) is 6.15. The van der Waals surface area contributed by atoms with E-state index in [-0.39, 0.29) is 19.1 Å². The smallest absolute Gasteiger partial charge is 0.387 e. The zero-order valence-corrected chi connectivity index (χ0v) is 15.1. The quantitative estimate of drug-likeness (QED) is 0.393. The molecule has 0 saturated heterocycles. The molecular formula is C16H23F2N3O3S. The van der Waals surface area contributed by atoms with Gasteiger partial charge < -0.3 is 24.8 Å². The summed E-state index contributed by atoms with van der Waals surface area (Å²) in [6.45, 7) is 0.780. The molecule has 0 amide bonds. The Kier molecular flexibility index (Phi) is 7.90. The average Bonchev–Trinajstić information content (AvgIpc) is 3.02. The Labute approximate surface area is 150 Å². The molecule has 0 saturated carbocycles. The van der Waals surface area contributed by atoms with Crippen molar-refractivity contribution in [2.45, 2.75) is 26.5 Å². The van der Waals surface area contributed by atoms with Gasteiger partial charge in [-0.2, -0.15) is 20.5 Å². The summed E-state index contributed by atoms with van der Waals surface area (Å²) in [5.41, 5.74) is 0.505. The van der Waals surface area contributed by atoms with E-state index in [1.807, 2.05) is 6.92 Å². The van der Waals surface area contributed by atoms with Crippen LogP contribution in [-0.4, -0.2) is 44.5 Å². The molecule has 1 aromatic rings. The molecule has 0 unspecified atom stereocenters. The Balaban J connectivity index is 2.09. The Morgan fingerprint density at radius 3 is 2.76 bits per heavy atom. The monoisotopic (exact) mass is 375 g/mol. The van der Waals surface area contributed by atoms with Gasteiger partial charge in [0.1, 0.15) is 5.75 Å². The number of fused-ring (bicyclic) bond motifs is 1. The van der Waals surface area contributed by atoms with Crippen LogP contribution in [0.1, 0.15) is 18.9 Å². The maximum atomic E-state index is 12.7. The molecule has 25 heavy (non-hydrogen) atoms. The van der Waals surface area contributed by atoms with E-state index in [1.165, 1.54) is 6.07 Å². The molecule has 0 radical (unpaired) electrons. The van der Waals surface area contributed by atoms with Crippen LogP contribution >= 0.6 is 11.8 Å². The zero-order chi connectivity index (χ0) is 18.1. The highest BCUT2D eigenvalue weighted by Crippen LogP contribution is 2.38. The van der Waals surface area contributed by atoms with Crippen LogP contribution in [0, 0.1) is 0 Å². The summed E-state index contributed by atoms with van der Waals surface area (Å²) in [4.78, 5) is 4.44. The predicted molar refractivity (Wildman–Crippen MR) is 95.0 cm³/mol. The fourth-order valence-electron chi connectivity index (χ4n) is 2.22. The third kappa shape index (κ3) is 6.15. The van der Waals surface area contributed by atoms with Crippen molar-refractivity contribution >= 4 is 17.7 Å². The first-order chi connectivity index (χ1) is 12.1. The molecule has 140 valence electrons. The highest BCUT2D eigenvalue weighted by Gasteiger charge is 2.20. The second kappa shape index (κ2) is 10.2. The van der Waals surface area contributed by atoms with Crippen LogP contribution in [0.2, 0.25) is 0 Å². The molecule has 1 aromatic carbocycles. The van der Waals surface area contributed by atoms with Gasteiger partial charge in [0.2, 0.25) is 6.79 Å². The van der Waals surface area contributed by atoms with Gasteiger partial charge >= 0.3 is 6.61 Å². The number of guanidine groups is 1. The molecule has 2 rings (SSSR count). The molecule has 0 aromatic heterocycles. The lowest BCUT2D eigenvalue weighted by molar-refractivity contribution is -0.0505. The van der Waals surface area contributed by atoms with Gasteiger partial charge in [0.25, 0.3) is 0 Å². The number of hydrogen-bond acceptors (Lipinski definition) is 5. The van der Waals surface area contributed by atoms with Crippen molar-refractivity contribution in [2.24, 2.45) is 4.99 Å². The number of nitrogens with zero attached hydrogens (tertiary/aromatic N) is 1. The minimum absolute atomic E-state index is 0.0428. The largest absolute Gasteiger partial charge is 0.454 e. The Hall–Kier alpha value is -1.90. The van der Waals surface area contributed by atoms with Crippen LogP contribution in [0.25, 0.3) is 0 Å². The summed E-state index contributed by atoms with van der Waals surface area (Å²) in [5, 5.41) is 6.35. The number of benzene rings is 1. The van der Waals surface area contributed by atoms with Gasteiger partial charge in [0.05, 0.1) is 6.54 Å². The Morgan fingerprint density at radius 1 is 1.32 bits per heavy atom. The number of nitrogens with one attached hydrogen (secondary N) is 2. The minimum Gasteiger partial charge on any atom is -0.454 e. The van der Waals surface area contributed by atoms with E-state index in [0.29, 0.717) is 29.6 Å². The van der Waals surface area contributed by atoms with Gasteiger partial charge in [-0.1, -0.05) is 0 Å². The second-order valence-electron chi connectivity index (χ2n) is 5.16. The van der Waals surface area contributed by atoms with E-state index in [2.05, 4.69) is 26.6 Å². The van der Waals surface area contributed by atoms with Crippen molar-refractivity contribution in [1.29, 1.82) is 0 Å². The van der Waals surface area contributed by atoms with Crippen molar-refractivity contribution in [1.82, 2.24) is 10.6 Å². The average molecular weight is 375 g/mol. The highest BCUT2D eigenvalue weighted by molar-refractivity contribution is 7.98. The summed E-state index contributed by atoms with van der Waals surface area (Å²) < 4.78 is 40.4. The first-order valence-electron chi connectivity index (χ1n) is 8.02. The molecule has 0 aliphatic carbocycles. The molecular weight excluding hydrogens is 352 g/mol. The SMILES string of the molecule is CCNC(=NCc1cc2c(cc1OC(F)F)OCO2)NCCCSC. The number of rotatable bonds is 9. The van der Waals surface area contributed by atoms with Gasteiger partial charge in [-0.3, -0.25) is 0 Å². The van der Waals surface area contributed by atoms with Crippen LogP contribution in [0.15, 0.2) is 17.1 Å². The number of ether oxygens (including phenoxy) is 3. The number of hydrogen-bond donors (Lipinski definition) is 2. The normalized spacial score (nSPS) is 13.2.